The molecule has 2 aromatic rings. The Kier molecular flexibility index (Phi) is 4.50. The van der Waals surface area contributed by atoms with Crippen molar-refractivity contribution in [1.82, 2.24) is 5.32 Å². The van der Waals surface area contributed by atoms with Crippen molar-refractivity contribution in [3.63, 3.8) is 0 Å². The Balaban J connectivity index is 2.37. The summed E-state index contributed by atoms with van der Waals surface area (Å²) >= 11 is 1.13. The van der Waals surface area contributed by atoms with Gasteiger partial charge >= 0.3 is 5.97 Å². The number of halogens is 1. The molecular weight excluding hydrogens is 265 g/mol. The standard InChI is InChI=1S/C14H16FNO2S/c1-2-3-7-16-8-9-12-10(15)5-4-6-11(12)19-13(9)14(17)18/h4-6,16H,2-3,7-8H2,1H3,(H,17,18). The highest BCUT2D eigenvalue weighted by Gasteiger charge is 2.19. The van der Waals surface area contributed by atoms with E-state index in [1.165, 1.54) is 6.07 Å². The van der Waals surface area contributed by atoms with Crippen molar-refractivity contribution in [3.8, 4) is 0 Å². The monoisotopic (exact) mass is 281 g/mol. The lowest BCUT2D eigenvalue weighted by molar-refractivity contribution is 0.0701. The molecule has 0 amide bonds. The molecule has 0 aliphatic carbocycles. The number of unbranched alkanes of at least 4 members (excludes halogenated alkanes) is 1. The quantitative estimate of drug-likeness (QED) is 0.795. The maximum atomic E-state index is 13.9. The lowest BCUT2D eigenvalue weighted by atomic mass is 10.1. The van der Waals surface area contributed by atoms with E-state index in [-0.39, 0.29) is 10.7 Å². The summed E-state index contributed by atoms with van der Waals surface area (Å²) < 4.78 is 14.6. The van der Waals surface area contributed by atoms with E-state index in [4.69, 9.17) is 0 Å². The van der Waals surface area contributed by atoms with Crippen LogP contribution in [0.1, 0.15) is 35.0 Å². The van der Waals surface area contributed by atoms with Crippen LogP contribution in [0, 0.1) is 5.82 Å². The molecule has 2 N–H and O–H groups in total. The number of hydrogen-bond donors (Lipinski definition) is 2. The maximum Gasteiger partial charge on any atom is 0.346 e. The van der Waals surface area contributed by atoms with Crippen molar-refractivity contribution in [3.05, 3.63) is 34.5 Å². The molecule has 0 fully saturated rings. The zero-order valence-electron chi connectivity index (χ0n) is 10.7. The first kappa shape index (κ1) is 14.0. The molecule has 0 unspecified atom stereocenters. The van der Waals surface area contributed by atoms with Crippen LogP contribution in [0.3, 0.4) is 0 Å². The second-order valence-electron chi connectivity index (χ2n) is 4.36. The van der Waals surface area contributed by atoms with Crippen molar-refractivity contribution in [2.75, 3.05) is 6.54 Å². The van der Waals surface area contributed by atoms with Gasteiger partial charge in [0.05, 0.1) is 0 Å². The van der Waals surface area contributed by atoms with Gasteiger partial charge in [-0.1, -0.05) is 19.4 Å². The lowest BCUT2D eigenvalue weighted by Gasteiger charge is -2.05. The molecule has 3 nitrogen and oxygen atoms in total. The minimum absolute atomic E-state index is 0.226. The third-order valence-electron chi connectivity index (χ3n) is 2.97. The van der Waals surface area contributed by atoms with Crippen LogP contribution in [0.5, 0.6) is 0 Å². The van der Waals surface area contributed by atoms with Gasteiger partial charge in [0.25, 0.3) is 0 Å². The topological polar surface area (TPSA) is 49.3 Å². The van der Waals surface area contributed by atoms with Gasteiger partial charge < -0.3 is 10.4 Å². The molecule has 1 aromatic heterocycles. The van der Waals surface area contributed by atoms with Crippen LogP contribution < -0.4 is 5.32 Å². The highest BCUT2D eigenvalue weighted by Crippen LogP contribution is 2.33. The summed E-state index contributed by atoms with van der Waals surface area (Å²) in [5.41, 5.74) is 0.557. The normalized spacial score (nSPS) is 11.1. The third kappa shape index (κ3) is 2.93. The molecule has 0 saturated heterocycles. The number of aromatic carboxylic acids is 1. The summed E-state index contributed by atoms with van der Waals surface area (Å²) in [7, 11) is 0. The van der Waals surface area contributed by atoms with Gasteiger partial charge in [-0.25, -0.2) is 9.18 Å². The highest BCUT2D eigenvalue weighted by atomic mass is 32.1. The van der Waals surface area contributed by atoms with Crippen molar-refractivity contribution < 1.29 is 14.3 Å². The molecule has 0 bridgehead atoms. The molecule has 5 heteroatoms. The van der Waals surface area contributed by atoms with Crippen molar-refractivity contribution >= 4 is 27.4 Å². The summed E-state index contributed by atoms with van der Waals surface area (Å²) in [5, 5.41) is 12.8. The molecule has 0 aliphatic rings. The zero-order valence-corrected chi connectivity index (χ0v) is 11.5. The van der Waals surface area contributed by atoms with E-state index in [0.29, 0.717) is 22.2 Å². The van der Waals surface area contributed by atoms with Crippen LogP contribution >= 0.6 is 11.3 Å². The van der Waals surface area contributed by atoms with Gasteiger partial charge in [-0.05, 0) is 25.1 Å². The summed E-state index contributed by atoms with van der Waals surface area (Å²) in [6.07, 6.45) is 2.09. The fourth-order valence-electron chi connectivity index (χ4n) is 2.02. The number of hydrogen-bond acceptors (Lipinski definition) is 3. The van der Waals surface area contributed by atoms with Crippen molar-refractivity contribution in [2.24, 2.45) is 0 Å². The van der Waals surface area contributed by atoms with Gasteiger partial charge in [0.2, 0.25) is 0 Å². The Hall–Kier alpha value is -1.46. The molecule has 0 atom stereocenters. The SMILES string of the molecule is CCCCNCc1c(C(=O)O)sc2cccc(F)c12. The molecule has 0 spiro atoms. The van der Waals surface area contributed by atoms with E-state index in [1.54, 1.807) is 12.1 Å². The predicted octanol–water partition coefficient (Wildman–Crippen LogP) is 3.63. The maximum absolute atomic E-state index is 13.9. The molecule has 1 heterocycles. The lowest BCUT2D eigenvalue weighted by Crippen LogP contribution is -2.16. The van der Waals surface area contributed by atoms with E-state index >= 15 is 0 Å². The smallest absolute Gasteiger partial charge is 0.346 e. The number of carbonyl (C=O) groups is 1. The predicted molar refractivity (Wildman–Crippen MR) is 75.4 cm³/mol. The van der Waals surface area contributed by atoms with E-state index < -0.39 is 5.97 Å². The zero-order chi connectivity index (χ0) is 13.8. The summed E-state index contributed by atoms with van der Waals surface area (Å²) in [4.78, 5) is 11.5. The molecule has 2 rings (SSSR count). The first-order chi connectivity index (χ1) is 9.15. The minimum Gasteiger partial charge on any atom is -0.477 e. The number of thiophene rings is 1. The third-order valence-corrected chi connectivity index (χ3v) is 4.15. The van der Waals surface area contributed by atoms with Crippen LogP contribution in [-0.4, -0.2) is 17.6 Å². The number of nitrogens with one attached hydrogen (secondary N) is 1. The Labute approximate surface area is 115 Å². The fraction of sp³-hybridized carbons (Fsp3) is 0.357. The number of carboxylic acid groups (broad SMARTS) is 1. The van der Waals surface area contributed by atoms with E-state index in [0.717, 1.165) is 30.7 Å². The van der Waals surface area contributed by atoms with E-state index in [2.05, 4.69) is 12.2 Å². The largest absolute Gasteiger partial charge is 0.477 e. The molecule has 19 heavy (non-hydrogen) atoms. The average Bonchev–Trinajstić information content (AvgIpc) is 2.75. The van der Waals surface area contributed by atoms with Gasteiger partial charge in [0.1, 0.15) is 10.7 Å². The van der Waals surface area contributed by atoms with Gasteiger partial charge in [-0.2, -0.15) is 0 Å². The van der Waals surface area contributed by atoms with Crippen molar-refractivity contribution in [2.45, 2.75) is 26.3 Å². The number of benzene rings is 1. The second-order valence-corrected chi connectivity index (χ2v) is 5.41. The van der Waals surface area contributed by atoms with E-state index in [9.17, 15) is 14.3 Å². The number of rotatable bonds is 6. The first-order valence-electron chi connectivity index (χ1n) is 6.29. The molecule has 0 aliphatic heterocycles. The highest BCUT2D eigenvalue weighted by molar-refractivity contribution is 7.21. The summed E-state index contributed by atoms with van der Waals surface area (Å²) in [6, 6.07) is 4.73. The van der Waals surface area contributed by atoms with Crippen LogP contribution in [0.25, 0.3) is 10.1 Å². The van der Waals surface area contributed by atoms with Crippen LogP contribution in [0.15, 0.2) is 18.2 Å². The molecule has 0 saturated carbocycles. The van der Waals surface area contributed by atoms with Crippen LogP contribution in [-0.2, 0) is 6.54 Å². The minimum atomic E-state index is -0.993. The van der Waals surface area contributed by atoms with Gasteiger partial charge in [0, 0.05) is 22.2 Å². The van der Waals surface area contributed by atoms with E-state index in [1.807, 2.05) is 0 Å². The molecule has 102 valence electrons. The molecular formula is C14H16FNO2S. The number of carboxylic acids is 1. The Morgan fingerprint density at radius 3 is 2.95 bits per heavy atom. The van der Waals surface area contributed by atoms with Crippen LogP contribution in [0.2, 0.25) is 0 Å². The second kappa shape index (κ2) is 6.12. The summed E-state index contributed by atoms with van der Waals surface area (Å²) in [6.45, 7) is 3.29. The Bertz CT molecular complexity index is 594. The van der Waals surface area contributed by atoms with Gasteiger partial charge in [-0.3, -0.25) is 0 Å². The Morgan fingerprint density at radius 2 is 2.26 bits per heavy atom. The van der Waals surface area contributed by atoms with Gasteiger partial charge in [0.15, 0.2) is 0 Å². The summed E-state index contributed by atoms with van der Waals surface area (Å²) in [5.74, 6) is -1.35. The first-order valence-corrected chi connectivity index (χ1v) is 7.10. The Morgan fingerprint density at radius 1 is 1.47 bits per heavy atom. The molecule has 0 radical (unpaired) electrons. The number of fused-ring (bicyclic) bond motifs is 1. The molecule has 1 aromatic carbocycles. The average molecular weight is 281 g/mol. The van der Waals surface area contributed by atoms with Crippen LogP contribution in [0.4, 0.5) is 4.39 Å². The van der Waals surface area contributed by atoms with Gasteiger partial charge in [-0.15, -0.1) is 11.3 Å². The fourth-order valence-corrected chi connectivity index (χ4v) is 3.10. The van der Waals surface area contributed by atoms with Crippen molar-refractivity contribution in [1.29, 1.82) is 0 Å².